The number of carbonyl (C=O) groups is 1. The number of anilines is 1. The molecule has 0 saturated heterocycles. The Kier molecular flexibility index (Phi) is 6.16. The van der Waals surface area contributed by atoms with E-state index in [1.54, 1.807) is 24.3 Å². The molecule has 5 nitrogen and oxygen atoms in total. The van der Waals surface area contributed by atoms with E-state index in [1.807, 2.05) is 13.0 Å². The van der Waals surface area contributed by atoms with E-state index < -0.39 is 0 Å². The summed E-state index contributed by atoms with van der Waals surface area (Å²) >= 11 is 0. The van der Waals surface area contributed by atoms with Crippen LogP contribution in [0.15, 0.2) is 36.4 Å². The van der Waals surface area contributed by atoms with Crippen molar-refractivity contribution in [3.63, 3.8) is 0 Å². The van der Waals surface area contributed by atoms with Crippen molar-refractivity contribution in [3.8, 4) is 17.2 Å². The molecule has 0 aliphatic carbocycles. The van der Waals surface area contributed by atoms with E-state index in [-0.39, 0.29) is 5.91 Å². The van der Waals surface area contributed by atoms with Crippen LogP contribution in [0, 0.1) is 0 Å². The lowest BCUT2D eigenvalue weighted by atomic mass is 10.2. The summed E-state index contributed by atoms with van der Waals surface area (Å²) < 4.78 is 15.6. The summed E-state index contributed by atoms with van der Waals surface area (Å²) in [7, 11) is 4.57. The molecule has 5 heteroatoms. The third-order valence-corrected chi connectivity index (χ3v) is 2.48. The molecule has 0 heterocycles. The zero-order valence-corrected chi connectivity index (χ0v) is 12.1. The topological polar surface area (TPSA) is 56.8 Å². The Bertz CT molecular complexity index is 496. The van der Waals surface area contributed by atoms with Crippen molar-refractivity contribution in [3.05, 3.63) is 36.4 Å². The van der Waals surface area contributed by atoms with E-state index in [4.69, 9.17) is 14.2 Å². The van der Waals surface area contributed by atoms with Gasteiger partial charge in [-0.25, -0.2) is 0 Å². The van der Waals surface area contributed by atoms with Gasteiger partial charge in [-0.05, 0) is 6.92 Å². The number of hydrogen-bond donors (Lipinski definition) is 1. The lowest BCUT2D eigenvalue weighted by Crippen LogP contribution is -2.08. The van der Waals surface area contributed by atoms with E-state index in [1.165, 1.54) is 27.4 Å². The predicted octanol–water partition coefficient (Wildman–Crippen LogP) is 2.78. The summed E-state index contributed by atoms with van der Waals surface area (Å²) in [6, 6.07) is 3.34. The zero-order valence-electron chi connectivity index (χ0n) is 12.1. The highest BCUT2D eigenvalue weighted by Crippen LogP contribution is 2.39. The number of nitrogens with one attached hydrogen (secondary N) is 1. The molecule has 0 unspecified atom stereocenters. The number of carbonyl (C=O) groups excluding carboxylic acids is 1. The van der Waals surface area contributed by atoms with Crippen LogP contribution >= 0.6 is 0 Å². The Hall–Kier alpha value is -2.43. The van der Waals surface area contributed by atoms with Crippen LogP contribution in [-0.2, 0) is 4.79 Å². The molecule has 0 radical (unpaired) electrons. The minimum Gasteiger partial charge on any atom is -0.493 e. The van der Waals surface area contributed by atoms with Crippen LogP contribution in [0.4, 0.5) is 5.69 Å². The average molecular weight is 277 g/mol. The van der Waals surface area contributed by atoms with Gasteiger partial charge in [-0.3, -0.25) is 4.79 Å². The molecule has 1 aromatic carbocycles. The Labute approximate surface area is 118 Å². The molecule has 1 rings (SSSR count). The Morgan fingerprint density at radius 2 is 1.65 bits per heavy atom. The van der Waals surface area contributed by atoms with Crippen molar-refractivity contribution in [2.75, 3.05) is 26.6 Å². The molecule has 1 aromatic rings. The lowest BCUT2D eigenvalue weighted by Gasteiger charge is -2.14. The SMILES string of the molecule is C/C=C/C=C/C(=O)Nc1cc(OC)c(OC)c(OC)c1. The van der Waals surface area contributed by atoms with Gasteiger partial charge in [-0.2, -0.15) is 0 Å². The van der Waals surface area contributed by atoms with Gasteiger partial charge in [-0.1, -0.05) is 18.2 Å². The molecule has 0 aliphatic heterocycles. The molecule has 1 amide bonds. The highest BCUT2D eigenvalue weighted by molar-refractivity contribution is 5.99. The van der Waals surface area contributed by atoms with Crippen LogP contribution in [0.25, 0.3) is 0 Å². The third kappa shape index (κ3) is 4.05. The molecule has 0 saturated carbocycles. The third-order valence-electron chi connectivity index (χ3n) is 2.48. The van der Waals surface area contributed by atoms with Gasteiger partial charge in [0.15, 0.2) is 11.5 Å². The van der Waals surface area contributed by atoms with Crippen LogP contribution in [0.3, 0.4) is 0 Å². The second-order valence-electron chi connectivity index (χ2n) is 3.79. The summed E-state index contributed by atoms with van der Waals surface area (Å²) in [5.74, 6) is 1.22. The zero-order chi connectivity index (χ0) is 15.0. The average Bonchev–Trinajstić information content (AvgIpc) is 2.46. The van der Waals surface area contributed by atoms with Gasteiger partial charge in [0.05, 0.1) is 21.3 Å². The number of hydrogen-bond acceptors (Lipinski definition) is 4. The summed E-state index contributed by atoms with van der Waals surface area (Å²) in [5.41, 5.74) is 0.564. The molecule has 0 atom stereocenters. The first-order chi connectivity index (χ1) is 9.65. The highest BCUT2D eigenvalue weighted by atomic mass is 16.5. The number of rotatable bonds is 6. The second-order valence-corrected chi connectivity index (χ2v) is 3.79. The normalized spacial score (nSPS) is 10.8. The monoisotopic (exact) mass is 277 g/mol. The van der Waals surface area contributed by atoms with Crippen LogP contribution in [0.2, 0.25) is 0 Å². The first-order valence-electron chi connectivity index (χ1n) is 6.06. The first kappa shape index (κ1) is 15.6. The summed E-state index contributed by atoms with van der Waals surface area (Å²) in [4.78, 5) is 11.7. The molecular weight excluding hydrogens is 258 g/mol. The predicted molar refractivity (Wildman–Crippen MR) is 78.7 cm³/mol. The summed E-state index contributed by atoms with van der Waals surface area (Å²) in [6.07, 6.45) is 6.70. The van der Waals surface area contributed by atoms with Crippen molar-refractivity contribution in [2.45, 2.75) is 6.92 Å². The largest absolute Gasteiger partial charge is 0.493 e. The molecule has 0 aliphatic rings. The molecular formula is C15H19NO4. The van der Waals surface area contributed by atoms with Gasteiger partial charge in [0.25, 0.3) is 0 Å². The van der Waals surface area contributed by atoms with Crippen molar-refractivity contribution in [1.82, 2.24) is 0 Å². The highest BCUT2D eigenvalue weighted by Gasteiger charge is 2.13. The van der Waals surface area contributed by atoms with E-state index in [9.17, 15) is 4.79 Å². The van der Waals surface area contributed by atoms with Gasteiger partial charge < -0.3 is 19.5 Å². The molecule has 0 spiro atoms. The van der Waals surface area contributed by atoms with Crippen molar-refractivity contribution in [1.29, 1.82) is 0 Å². The maximum atomic E-state index is 11.7. The van der Waals surface area contributed by atoms with E-state index in [0.29, 0.717) is 22.9 Å². The Morgan fingerprint density at radius 1 is 1.05 bits per heavy atom. The molecule has 1 N–H and O–H groups in total. The molecule has 0 bridgehead atoms. The number of allylic oxidation sites excluding steroid dienone is 3. The molecule has 108 valence electrons. The van der Waals surface area contributed by atoms with Gasteiger partial charge in [0.1, 0.15) is 0 Å². The van der Waals surface area contributed by atoms with Crippen molar-refractivity contribution < 1.29 is 19.0 Å². The van der Waals surface area contributed by atoms with Crippen LogP contribution < -0.4 is 19.5 Å². The first-order valence-corrected chi connectivity index (χ1v) is 6.06. The maximum Gasteiger partial charge on any atom is 0.248 e. The molecule has 0 aromatic heterocycles. The molecule has 20 heavy (non-hydrogen) atoms. The van der Waals surface area contributed by atoms with Crippen molar-refractivity contribution >= 4 is 11.6 Å². The van der Waals surface area contributed by atoms with Crippen LogP contribution in [-0.4, -0.2) is 27.2 Å². The van der Waals surface area contributed by atoms with E-state index in [0.717, 1.165) is 0 Å². The lowest BCUT2D eigenvalue weighted by molar-refractivity contribution is -0.111. The van der Waals surface area contributed by atoms with Crippen LogP contribution in [0.5, 0.6) is 17.2 Å². The van der Waals surface area contributed by atoms with E-state index >= 15 is 0 Å². The van der Waals surface area contributed by atoms with Gasteiger partial charge in [0.2, 0.25) is 11.7 Å². The Morgan fingerprint density at radius 3 is 2.10 bits per heavy atom. The second kappa shape index (κ2) is 7.89. The number of amides is 1. The number of ether oxygens (including phenoxy) is 3. The number of benzene rings is 1. The molecule has 0 fully saturated rings. The minimum atomic E-state index is -0.239. The summed E-state index contributed by atoms with van der Waals surface area (Å²) in [6.45, 7) is 1.88. The smallest absolute Gasteiger partial charge is 0.248 e. The van der Waals surface area contributed by atoms with Crippen molar-refractivity contribution in [2.24, 2.45) is 0 Å². The fourth-order valence-corrected chi connectivity index (χ4v) is 1.59. The standard InChI is InChI=1S/C15H19NO4/c1-5-6-7-8-14(17)16-11-9-12(18-2)15(20-4)13(10-11)19-3/h5-10H,1-4H3,(H,16,17)/b6-5+,8-7+. The number of methoxy groups -OCH3 is 3. The fourth-order valence-electron chi connectivity index (χ4n) is 1.59. The van der Waals surface area contributed by atoms with Gasteiger partial charge in [-0.15, -0.1) is 0 Å². The van der Waals surface area contributed by atoms with Crippen LogP contribution in [0.1, 0.15) is 6.92 Å². The van der Waals surface area contributed by atoms with Gasteiger partial charge >= 0.3 is 0 Å². The minimum absolute atomic E-state index is 0.239. The van der Waals surface area contributed by atoms with Gasteiger partial charge in [0, 0.05) is 23.9 Å². The fraction of sp³-hybridized carbons (Fsp3) is 0.267. The maximum absolute atomic E-state index is 11.7. The Balaban J connectivity index is 2.99. The van der Waals surface area contributed by atoms with E-state index in [2.05, 4.69) is 5.32 Å². The quantitative estimate of drug-likeness (QED) is 0.641. The summed E-state index contributed by atoms with van der Waals surface area (Å²) in [5, 5.41) is 2.73.